The highest BCUT2D eigenvalue weighted by atomic mass is 32.2. The molecule has 3 N–H and O–H groups in total. The lowest BCUT2D eigenvalue weighted by Crippen LogP contribution is -2.49. The number of ketones is 1. The molecule has 1 atom stereocenters. The Morgan fingerprint density at radius 2 is 1.71 bits per heavy atom. The van der Waals surface area contributed by atoms with Crippen molar-refractivity contribution in [2.45, 2.75) is 65.5 Å². The third-order valence-electron chi connectivity index (χ3n) is 4.36. The van der Waals surface area contributed by atoms with Gasteiger partial charge in [0.25, 0.3) is 0 Å². The van der Waals surface area contributed by atoms with E-state index in [2.05, 4.69) is 20.4 Å². The van der Waals surface area contributed by atoms with Crippen molar-refractivity contribution in [3.05, 3.63) is 22.1 Å². The third-order valence-corrected chi connectivity index (χ3v) is 5.26. The van der Waals surface area contributed by atoms with Gasteiger partial charge >= 0.3 is 11.9 Å². The lowest BCUT2D eigenvalue weighted by Gasteiger charge is -2.17. The van der Waals surface area contributed by atoms with Crippen LogP contribution in [0.25, 0.3) is 0 Å². The first kappa shape index (κ1) is 28.9. The monoisotopic (exact) mass is 501 g/mol. The maximum absolute atomic E-state index is 12.4. The summed E-state index contributed by atoms with van der Waals surface area (Å²) in [6.45, 7) is 4.08. The van der Waals surface area contributed by atoms with Gasteiger partial charge in [-0.3, -0.25) is 19.2 Å². The highest BCUT2D eigenvalue weighted by Crippen LogP contribution is 2.09. The van der Waals surface area contributed by atoms with Gasteiger partial charge in [-0.2, -0.15) is 0 Å². The summed E-state index contributed by atoms with van der Waals surface area (Å²) in [5.41, 5.74) is 0. The number of nitrogens with one attached hydrogen (secondary N) is 3. The van der Waals surface area contributed by atoms with Crippen molar-refractivity contribution in [2.24, 2.45) is 0 Å². The standard InChI is InChI=1S/C21H31N3O9S/c1-13(25)11-16(24-18(27)7-5-4-6-10-34-15(3)26)19(28)22-8-9-23-20(29)31-12-17-14(2)32-21(30)33-17/h16H,4-12H2,1-3H3,(H,22,28)(H,23,29)(H,24,27)/t16-/m0/s1. The Morgan fingerprint density at radius 3 is 2.32 bits per heavy atom. The predicted molar refractivity (Wildman–Crippen MR) is 122 cm³/mol. The number of rotatable bonds is 15. The quantitative estimate of drug-likeness (QED) is 0.296. The van der Waals surface area contributed by atoms with E-state index in [9.17, 15) is 28.8 Å². The molecule has 1 aromatic rings. The van der Waals surface area contributed by atoms with Gasteiger partial charge in [-0.25, -0.2) is 9.59 Å². The Bertz CT molecular complexity index is 910. The molecular formula is C21H31N3O9S. The zero-order chi connectivity index (χ0) is 25.5. The summed E-state index contributed by atoms with van der Waals surface area (Å²) >= 11 is 1.24. The molecule has 1 aromatic heterocycles. The van der Waals surface area contributed by atoms with Crippen LogP contribution in [0.15, 0.2) is 13.6 Å². The predicted octanol–water partition coefficient (Wildman–Crippen LogP) is 1.19. The number of carbonyl (C=O) groups excluding carboxylic acids is 5. The topological polar surface area (TPSA) is 174 Å². The number of thioether (sulfide) groups is 1. The molecule has 0 radical (unpaired) electrons. The summed E-state index contributed by atoms with van der Waals surface area (Å²) in [7, 11) is 0. The number of hydrogen-bond donors (Lipinski definition) is 3. The van der Waals surface area contributed by atoms with E-state index in [-0.39, 0.29) is 60.9 Å². The van der Waals surface area contributed by atoms with E-state index >= 15 is 0 Å². The van der Waals surface area contributed by atoms with E-state index in [0.717, 1.165) is 12.8 Å². The van der Waals surface area contributed by atoms with Gasteiger partial charge < -0.3 is 29.5 Å². The molecule has 0 aliphatic carbocycles. The molecule has 13 heteroatoms. The fraction of sp³-hybridized carbons (Fsp3) is 0.619. The first-order valence-corrected chi connectivity index (χ1v) is 11.8. The molecule has 12 nitrogen and oxygen atoms in total. The van der Waals surface area contributed by atoms with Gasteiger partial charge in [0.2, 0.25) is 11.8 Å². The number of ether oxygens (including phenoxy) is 1. The van der Waals surface area contributed by atoms with Crippen LogP contribution >= 0.6 is 11.8 Å². The number of hydrogen-bond acceptors (Lipinski definition) is 10. The van der Waals surface area contributed by atoms with Crippen LogP contribution in [0.4, 0.5) is 4.79 Å². The molecule has 34 heavy (non-hydrogen) atoms. The summed E-state index contributed by atoms with van der Waals surface area (Å²) in [5.74, 6) is -1.05. The molecule has 0 aliphatic rings. The first-order valence-electron chi connectivity index (χ1n) is 10.8. The second-order valence-corrected chi connectivity index (χ2v) is 8.68. The Kier molecular flexibility index (Phi) is 13.4. The Labute approximate surface area is 200 Å². The van der Waals surface area contributed by atoms with E-state index in [0.29, 0.717) is 12.2 Å². The summed E-state index contributed by atoms with van der Waals surface area (Å²) in [6, 6.07) is -1.02. The van der Waals surface area contributed by atoms with Gasteiger partial charge in [-0.15, -0.1) is 0 Å². The lowest BCUT2D eigenvalue weighted by atomic mass is 10.1. The van der Waals surface area contributed by atoms with Crippen molar-refractivity contribution < 1.29 is 37.5 Å². The van der Waals surface area contributed by atoms with Crippen LogP contribution in [0.3, 0.4) is 0 Å². The van der Waals surface area contributed by atoms with E-state index in [1.165, 1.54) is 32.5 Å². The van der Waals surface area contributed by atoms with E-state index < -0.39 is 23.9 Å². The molecule has 0 aliphatic heterocycles. The fourth-order valence-electron chi connectivity index (χ4n) is 2.71. The van der Waals surface area contributed by atoms with Crippen LogP contribution in [-0.2, 0) is 30.5 Å². The number of carbonyl (C=O) groups is 5. The van der Waals surface area contributed by atoms with Gasteiger partial charge in [0, 0.05) is 38.6 Å². The molecule has 3 amide bonds. The maximum Gasteiger partial charge on any atom is 0.519 e. The highest BCUT2D eigenvalue weighted by molar-refractivity contribution is 8.13. The molecule has 0 bridgehead atoms. The van der Waals surface area contributed by atoms with E-state index in [1.807, 2.05) is 0 Å². The Hall–Kier alpha value is -3.09. The normalized spacial score (nSPS) is 11.4. The van der Waals surface area contributed by atoms with Crippen molar-refractivity contribution in [2.75, 3.05) is 18.8 Å². The summed E-state index contributed by atoms with van der Waals surface area (Å²) in [4.78, 5) is 69.5. The number of aryl methyl sites for hydroxylation is 1. The SMILES string of the molecule is CC(=O)C[C@H](NC(=O)CCCCCSC(C)=O)C(=O)NCCNC(=O)OCc1oc(=O)oc1C. The van der Waals surface area contributed by atoms with Gasteiger partial charge in [-0.1, -0.05) is 18.2 Å². The molecule has 190 valence electrons. The number of Topliss-reactive ketones (excluding diaryl/α,β-unsaturated/α-hetero) is 1. The van der Waals surface area contributed by atoms with Gasteiger partial charge in [0.15, 0.2) is 23.2 Å². The van der Waals surface area contributed by atoms with Crippen LogP contribution in [0.2, 0.25) is 0 Å². The van der Waals surface area contributed by atoms with Crippen molar-refractivity contribution in [1.82, 2.24) is 16.0 Å². The molecule has 0 aromatic carbocycles. The van der Waals surface area contributed by atoms with Gasteiger partial charge in [-0.05, 0) is 26.7 Å². The van der Waals surface area contributed by atoms with Crippen LogP contribution in [-0.4, -0.2) is 53.7 Å². The molecule has 0 spiro atoms. The van der Waals surface area contributed by atoms with Crippen molar-refractivity contribution in [1.29, 1.82) is 0 Å². The van der Waals surface area contributed by atoms with E-state index in [4.69, 9.17) is 9.15 Å². The smallest absolute Gasteiger partial charge is 0.441 e. The minimum atomic E-state index is -1.02. The van der Waals surface area contributed by atoms with Crippen LogP contribution < -0.4 is 21.8 Å². The van der Waals surface area contributed by atoms with Crippen molar-refractivity contribution >= 4 is 40.6 Å². The van der Waals surface area contributed by atoms with Crippen molar-refractivity contribution in [3.63, 3.8) is 0 Å². The number of unbranched alkanes of at least 4 members (excludes halogenated alkanes) is 2. The molecule has 0 saturated carbocycles. The highest BCUT2D eigenvalue weighted by Gasteiger charge is 2.22. The number of amides is 3. The molecule has 1 heterocycles. The molecule has 1 rings (SSSR count). The average Bonchev–Trinajstić information content (AvgIpc) is 3.07. The van der Waals surface area contributed by atoms with Crippen LogP contribution in [0.5, 0.6) is 0 Å². The summed E-state index contributed by atoms with van der Waals surface area (Å²) in [6.07, 6.45) is 1.43. The minimum absolute atomic E-state index is 0.0257. The Balaban J connectivity index is 2.31. The summed E-state index contributed by atoms with van der Waals surface area (Å²) in [5, 5.41) is 7.57. The Morgan fingerprint density at radius 1 is 1.00 bits per heavy atom. The largest absolute Gasteiger partial charge is 0.519 e. The molecular weight excluding hydrogens is 470 g/mol. The summed E-state index contributed by atoms with van der Waals surface area (Å²) < 4.78 is 14.2. The van der Waals surface area contributed by atoms with Crippen LogP contribution in [0, 0.1) is 6.92 Å². The maximum atomic E-state index is 12.4. The molecule has 0 fully saturated rings. The number of alkyl carbamates (subject to hydrolysis) is 1. The lowest BCUT2D eigenvalue weighted by molar-refractivity contribution is -0.131. The second kappa shape index (κ2) is 15.7. The fourth-order valence-corrected chi connectivity index (χ4v) is 3.34. The zero-order valence-corrected chi connectivity index (χ0v) is 20.3. The van der Waals surface area contributed by atoms with E-state index in [1.54, 1.807) is 0 Å². The minimum Gasteiger partial charge on any atom is -0.441 e. The van der Waals surface area contributed by atoms with Gasteiger partial charge in [0.05, 0.1) is 0 Å². The van der Waals surface area contributed by atoms with Crippen molar-refractivity contribution in [3.8, 4) is 0 Å². The van der Waals surface area contributed by atoms with Gasteiger partial charge in [0.1, 0.15) is 11.8 Å². The molecule has 0 unspecified atom stereocenters. The van der Waals surface area contributed by atoms with Crippen LogP contribution in [0.1, 0.15) is 57.5 Å². The molecule has 0 saturated heterocycles. The average molecular weight is 502 g/mol. The first-order chi connectivity index (χ1) is 16.1. The zero-order valence-electron chi connectivity index (χ0n) is 19.5. The third kappa shape index (κ3) is 12.8. The second-order valence-electron chi connectivity index (χ2n) is 7.40.